The number of nitrogens with zero attached hydrogens (tertiary/aromatic N) is 2. The number of aromatic nitrogens is 2. The van der Waals surface area contributed by atoms with Crippen LogP contribution in [-0.4, -0.2) is 34.4 Å². The minimum atomic E-state index is -0.855. The first-order valence-corrected chi connectivity index (χ1v) is 9.54. The Hall–Kier alpha value is -3.19. The Morgan fingerprint density at radius 2 is 2.00 bits per heavy atom. The molecule has 150 valence electrons. The van der Waals surface area contributed by atoms with Crippen molar-refractivity contribution in [1.82, 2.24) is 15.1 Å². The first kappa shape index (κ1) is 19.1. The summed E-state index contributed by atoms with van der Waals surface area (Å²) in [5, 5.41) is 17.5. The van der Waals surface area contributed by atoms with E-state index in [1.807, 2.05) is 0 Å². The number of amides is 1. The highest BCUT2D eigenvalue weighted by molar-refractivity contribution is 5.94. The molecule has 0 saturated heterocycles. The number of methoxy groups -OCH3 is 1. The van der Waals surface area contributed by atoms with Gasteiger partial charge in [-0.1, -0.05) is 24.3 Å². The molecule has 0 radical (unpaired) electrons. The molecule has 2 N–H and O–H groups in total. The van der Waals surface area contributed by atoms with Crippen LogP contribution in [-0.2, 0) is 12.8 Å². The lowest BCUT2D eigenvalue weighted by Gasteiger charge is -2.12. The highest BCUT2D eigenvalue weighted by Crippen LogP contribution is 2.28. The lowest BCUT2D eigenvalue weighted by Crippen LogP contribution is -2.29. The Balaban J connectivity index is 1.52. The molecule has 1 heterocycles. The van der Waals surface area contributed by atoms with E-state index in [-0.39, 0.29) is 18.3 Å². The molecule has 7 heteroatoms. The number of halogens is 1. The van der Waals surface area contributed by atoms with Gasteiger partial charge in [-0.2, -0.15) is 5.10 Å². The molecule has 1 amide bonds. The molecule has 2 aromatic carbocycles. The largest absolute Gasteiger partial charge is 0.497 e. The molecule has 0 aliphatic heterocycles. The number of fused-ring (bicyclic) bond motifs is 1. The van der Waals surface area contributed by atoms with Gasteiger partial charge in [0.25, 0.3) is 5.91 Å². The number of carbonyl (C=O) groups excluding carboxylic acids is 1. The van der Waals surface area contributed by atoms with Gasteiger partial charge in [-0.3, -0.25) is 4.79 Å². The first-order chi connectivity index (χ1) is 14.1. The van der Waals surface area contributed by atoms with Gasteiger partial charge < -0.3 is 15.2 Å². The Bertz CT molecular complexity index is 1030. The number of aliphatic hydroxyl groups is 1. The number of hydrogen-bond acceptors (Lipinski definition) is 4. The fourth-order valence-corrected chi connectivity index (χ4v) is 3.66. The van der Waals surface area contributed by atoms with Gasteiger partial charge in [-0.25, -0.2) is 9.07 Å². The van der Waals surface area contributed by atoms with Crippen LogP contribution in [0.3, 0.4) is 0 Å². The second-order valence-corrected chi connectivity index (χ2v) is 6.99. The summed E-state index contributed by atoms with van der Waals surface area (Å²) >= 11 is 0. The van der Waals surface area contributed by atoms with Crippen LogP contribution in [0.2, 0.25) is 0 Å². The van der Waals surface area contributed by atoms with Crippen molar-refractivity contribution in [1.29, 1.82) is 0 Å². The fourth-order valence-electron chi connectivity index (χ4n) is 3.66. The number of nitrogens with one attached hydrogen (secondary N) is 1. The zero-order valence-corrected chi connectivity index (χ0v) is 16.1. The van der Waals surface area contributed by atoms with Gasteiger partial charge in [0.2, 0.25) is 0 Å². The average Bonchev–Trinajstić information content (AvgIpc) is 3.35. The van der Waals surface area contributed by atoms with E-state index in [4.69, 9.17) is 4.74 Å². The van der Waals surface area contributed by atoms with Crippen LogP contribution >= 0.6 is 0 Å². The van der Waals surface area contributed by atoms with E-state index in [0.29, 0.717) is 22.7 Å². The molecule has 6 nitrogen and oxygen atoms in total. The Labute approximate surface area is 167 Å². The Kier molecular flexibility index (Phi) is 5.31. The van der Waals surface area contributed by atoms with Crippen molar-refractivity contribution in [2.24, 2.45) is 0 Å². The molecular formula is C22H22FN3O3. The first-order valence-electron chi connectivity index (χ1n) is 9.54. The van der Waals surface area contributed by atoms with Crippen LogP contribution in [0.25, 0.3) is 5.69 Å². The lowest BCUT2D eigenvalue weighted by molar-refractivity contribution is 0.0910. The summed E-state index contributed by atoms with van der Waals surface area (Å²) in [5.74, 6) is -0.0587. The van der Waals surface area contributed by atoms with Crippen molar-refractivity contribution in [3.8, 4) is 11.4 Å². The maximum atomic E-state index is 14.2. The molecule has 0 fully saturated rings. The molecule has 0 bridgehead atoms. The van der Waals surface area contributed by atoms with Crippen molar-refractivity contribution in [2.75, 3.05) is 13.7 Å². The van der Waals surface area contributed by atoms with Crippen LogP contribution in [0.5, 0.6) is 5.75 Å². The average molecular weight is 395 g/mol. The molecule has 1 aliphatic rings. The molecule has 0 spiro atoms. The van der Waals surface area contributed by atoms with Crippen LogP contribution < -0.4 is 10.1 Å². The third kappa shape index (κ3) is 3.73. The molecule has 29 heavy (non-hydrogen) atoms. The highest BCUT2D eigenvalue weighted by Gasteiger charge is 2.28. The van der Waals surface area contributed by atoms with Gasteiger partial charge in [0.1, 0.15) is 17.3 Å². The monoisotopic (exact) mass is 395 g/mol. The number of para-hydroxylation sites is 1. The number of hydrogen-bond donors (Lipinski definition) is 2. The van der Waals surface area contributed by atoms with E-state index >= 15 is 0 Å². The normalized spacial score (nSPS) is 13.8. The minimum Gasteiger partial charge on any atom is -0.497 e. The molecular weight excluding hydrogens is 373 g/mol. The topological polar surface area (TPSA) is 76.4 Å². The lowest BCUT2D eigenvalue weighted by atomic mass is 10.1. The summed E-state index contributed by atoms with van der Waals surface area (Å²) in [6.07, 6.45) is 1.52. The Morgan fingerprint density at radius 1 is 1.24 bits per heavy atom. The third-order valence-corrected chi connectivity index (χ3v) is 5.18. The summed E-state index contributed by atoms with van der Waals surface area (Å²) in [7, 11) is 1.57. The predicted molar refractivity (Wildman–Crippen MR) is 106 cm³/mol. The van der Waals surface area contributed by atoms with E-state index in [2.05, 4.69) is 10.4 Å². The highest BCUT2D eigenvalue weighted by atomic mass is 19.1. The van der Waals surface area contributed by atoms with Crippen molar-refractivity contribution < 1.29 is 19.0 Å². The SMILES string of the molecule is COc1ccc(C(O)CNC(=O)c2nn(-c3ccccc3F)c3c2CCC3)cc1. The molecule has 0 saturated carbocycles. The number of ether oxygens (including phenoxy) is 1. The maximum absolute atomic E-state index is 14.2. The summed E-state index contributed by atoms with van der Waals surface area (Å²) in [5.41, 5.74) is 3.03. The summed E-state index contributed by atoms with van der Waals surface area (Å²) in [4.78, 5) is 12.8. The Morgan fingerprint density at radius 3 is 2.72 bits per heavy atom. The van der Waals surface area contributed by atoms with E-state index < -0.39 is 6.10 Å². The van der Waals surface area contributed by atoms with Gasteiger partial charge in [-0.05, 0) is 49.1 Å². The summed E-state index contributed by atoms with van der Waals surface area (Å²) in [6, 6.07) is 13.4. The summed E-state index contributed by atoms with van der Waals surface area (Å²) < 4.78 is 20.9. The zero-order chi connectivity index (χ0) is 20.4. The predicted octanol–water partition coefficient (Wildman–Crippen LogP) is 2.97. The molecule has 3 aromatic rings. The molecule has 1 unspecified atom stereocenters. The van der Waals surface area contributed by atoms with Crippen molar-refractivity contribution in [3.63, 3.8) is 0 Å². The molecule has 1 atom stereocenters. The summed E-state index contributed by atoms with van der Waals surface area (Å²) in [6.45, 7) is 0.0481. The van der Waals surface area contributed by atoms with E-state index in [9.17, 15) is 14.3 Å². The third-order valence-electron chi connectivity index (χ3n) is 5.18. The second kappa shape index (κ2) is 8.05. The number of rotatable bonds is 6. The second-order valence-electron chi connectivity index (χ2n) is 6.99. The number of carbonyl (C=O) groups is 1. The van der Waals surface area contributed by atoms with Crippen molar-refractivity contribution >= 4 is 5.91 Å². The maximum Gasteiger partial charge on any atom is 0.272 e. The van der Waals surface area contributed by atoms with E-state index in [1.54, 1.807) is 49.6 Å². The van der Waals surface area contributed by atoms with Gasteiger partial charge in [0.15, 0.2) is 5.69 Å². The van der Waals surface area contributed by atoms with E-state index in [1.165, 1.54) is 10.7 Å². The standard InChI is InChI=1S/C22H22FN3O3/c1-29-15-11-9-14(10-12-15)20(27)13-24-22(28)21-16-5-4-8-18(16)26(25-21)19-7-3-2-6-17(19)23/h2-3,6-7,9-12,20,27H,4-5,8,13H2,1H3,(H,24,28). The zero-order valence-electron chi connectivity index (χ0n) is 16.1. The van der Waals surface area contributed by atoms with Gasteiger partial charge in [-0.15, -0.1) is 0 Å². The fraction of sp³-hybridized carbons (Fsp3) is 0.273. The van der Waals surface area contributed by atoms with Crippen LogP contribution in [0, 0.1) is 5.82 Å². The van der Waals surface area contributed by atoms with E-state index in [0.717, 1.165) is 30.5 Å². The molecule has 4 rings (SSSR count). The van der Waals surface area contributed by atoms with Crippen LogP contribution in [0.1, 0.15) is 39.8 Å². The van der Waals surface area contributed by atoms with Crippen molar-refractivity contribution in [3.05, 3.63) is 76.9 Å². The van der Waals surface area contributed by atoms with Gasteiger partial charge in [0, 0.05) is 17.8 Å². The smallest absolute Gasteiger partial charge is 0.272 e. The van der Waals surface area contributed by atoms with Gasteiger partial charge in [0.05, 0.1) is 13.2 Å². The minimum absolute atomic E-state index is 0.0481. The molecule has 1 aromatic heterocycles. The number of benzene rings is 2. The van der Waals surface area contributed by atoms with Crippen molar-refractivity contribution in [2.45, 2.75) is 25.4 Å². The van der Waals surface area contributed by atoms with Crippen LogP contribution in [0.4, 0.5) is 4.39 Å². The van der Waals surface area contributed by atoms with Crippen LogP contribution in [0.15, 0.2) is 48.5 Å². The van der Waals surface area contributed by atoms with Gasteiger partial charge >= 0.3 is 0 Å². The quantitative estimate of drug-likeness (QED) is 0.673. The number of aliphatic hydroxyl groups excluding tert-OH is 1. The molecule has 1 aliphatic carbocycles.